The summed E-state index contributed by atoms with van der Waals surface area (Å²) >= 11 is 1.25. The van der Waals surface area contributed by atoms with Gasteiger partial charge in [0.05, 0.1) is 12.3 Å². The Balaban J connectivity index is 2.27. The van der Waals surface area contributed by atoms with Crippen LogP contribution in [0.2, 0.25) is 0 Å². The summed E-state index contributed by atoms with van der Waals surface area (Å²) in [7, 11) is 0. The van der Waals surface area contributed by atoms with Gasteiger partial charge in [-0.15, -0.1) is 13.2 Å². The van der Waals surface area contributed by atoms with E-state index in [1.54, 1.807) is 0 Å². The number of nitrogens with zero attached hydrogens (tertiary/aromatic N) is 1. The van der Waals surface area contributed by atoms with Crippen LogP contribution in [-0.4, -0.2) is 29.6 Å². The number of nitrogens with one attached hydrogen (secondary N) is 1. The Labute approximate surface area is 140 Å². The number of thiazole rings is 1. The molecule has 1 N–H and O–H groups in total. The van der Waals surface area contributed by atoms with Crippen LogP contribution in [0, 0.1) is 0 Å². The van der Waals surface area contributed by atoms with Crippen LogP contribution in [0.3, 0.4) is 0 Å². The van der Waals surface area contributed by atoms with E-state index in [1.165, 1.54) is 11.3 Å². The van der Waals surface area contributed by atoms with Crippen LogP contribution in [0.5, 0.6) is 5.75 Å². The molecule has 0 fully saturated rings. The van der Waals surface area contributed by atoms with Crippen molar-refractivity contribution in [2.45, 2.75) is 13.5 Å². The highest BCUT2D eigenvalue weighted by Crippen LogP contribution is 2.26. The molecular formula is C18H22N2O2S. The summed E-state index contributed by atoms with van der Waals surface area (Å²) in [6.45, 7) is 12.3. The zero-order valence-electron chi connectivity index (χ0n) is 13.4. The van der Waals surface area contributed by atoms with Crippen LogP contribution in [0.4, 0.5) is 0 Å². The van der Waals surface area contributed by atoms with Crippen LogP contribution in [0.25, 0.3) is 11.3 Å². The Morgan fingerprint density at radius 3 is 2.43 bits per heavy atom. The molecule has 1 heterocycles. The van der Waals surface area contributed by atoms with E-state index in [2.05, 4.69) is 23.0 Å². The highest BCUT2D eigenvalue weighted by molar-refractivity contribution is 7.09. The molecule has 0 aliphatic heterocycles. The molecule has 0 amide bonds. The third kappa shape index (κ3) is 4.68. The second-order valence-electron chi connectivity index (χ2n) is 5.04. The van der Waals surface area contributed by atoms with Gasteiger partial charge in [0.25, 0.3) is 0 Å². The standard InChI is InChI=1S/C18H22N2O2S/c1-4-11-20(12-5-2)13-16-17(19-18(21)23-16)14-7-9-15(10-8-14)22-6-3/h4-5,7-10H,1-2,6,11-13H2,3H3,(H,19,21). The molecule has 0 atom stereocenters. The third-order valence-corrected chi connectivity index (χ3v) is 4.18. The van der Waals surface area contributed by atoms with Gasteiger partial charge in [0, 0.05) is 24.5 Å². The Morgan fingerprint density at radius 1 is 1.22 bits per heavy atom. The largest absolute Gasteiger partial charge is 0.494 e. The predicted octanol–water partition coefficient (Wildman–Crippen LogP) is 3.68. The van der Waals surface area contributed by atoms with Gasteiger partial charge < -0.3 is 9.72 Å². The van der Waals surface area contributed by atoms with Crippen molar-refractivity contribution in [3.63, 3.8) is 0 Å². The average molecular weight is 330 g/mol. The van der Waals surface area contributed by atoms with E-state index < -0.39 is 0 Å². The maximum absolute atomic E-state index is 11.8. The van der Waals surface area contributed by atoms with Gasteiger partial charge in [0.1, 0.15) is 5.75 Å². The van der Waals surface area contributed by atoms with Crippen molar-refractivity contribution in [2.75, 3.05) is 19.7 Å². The first-order valence-electron chi connectivity index (χ1n) is 7.57. The number of benzene rings is 1. The molecule has 1 aromatic carbocycles. The fraction of sp³-hybridized carbons (Fsp3) is 0.278. The summed E-state index contributed by atoms with van der Waals surface area (Å²) in [5.41, 5.74) is 1.86. The molecule has 0 aliphatic carbocycles. The van der Waals surface area contributed by atoms with Crippen molar-refractivity contribution in [3.8, 4) is 17.0 Å². The molecule has 23 heavy (non-hydrogen) atoms. The van der Waals surface area contributed by atoms with Crippen LogP contribution in [-0.2, 0) is 6.54 Å². The van der Waals surface area contributed by atoms with Crippen molar-refractivity contribution >= 4 is 11.3 Å². The van der Waals surface area contributed by atoms with Crippen molar-refractivity contribution < 1.29 is 4.74 Å². The summed E-state index contributed by atoms with van der Waals surface area (Å²) in [5.74, 6) is 0.829. The fourth-order valence-electron chi connectivity index (χ4n) is 2.36. The molecule has 0 aliphatic rings. The number of ether oxygens (including phenoxy) is 1. The van der Waals surface area contributed by atoms with Crippen LogP contribution in [0.15, 0.2) is 54.4 Å². The molecule has 0 bridgehead atoms. The average Bonchev–Trinajstić information content (AvgIpc) is 2.89. The van der Waals surface area contributed by atoms with Crippen molar-refractivity contribution in [1.82, 2.24) is 9.88 Å². The monoisotopic (exact) mass is 330 g/mol. The van der Waals surface area contributed by atoms with E-state index in [9.17, 15) is 4.79 Å². The van der Waals surface area contributed by atoms with E-state index >= 15 is 0 Å². The normalized spacial score (nSPS) is 10.7. The Hall–Kier alpha value is -2.11. The van der Waals surface area contributed by atoms with Gasteiger partial charge in [-0.2, -0.15) is 0 Å². The molecular weight excluding hydrogens is 308 g/mol. The van der Waals surface area contributed by atoms with Gasteiger partial charge in [0.2, 0.25) is 0 Å². The quantitative estimate of drug-likeness (QED) is 0.714. The molecule has 0 radical (unpaired) electrons. The topological polar surface area (TPSA) is 45.3 Å². The van der Waals surface area contributed by atoms with Gasteiger partial charge in [-0.25, -0.2) is 0 Å². The smallest absolute Gasteiger partial charge is 0.305 e. The minimum absolute atomic E-state index is 0.0407. The zero-order chi connectivity index (χ0) is 16.7. The molecule has 2 aromatic rings. The summed E-state index contributed by atoms with van der Waals surface area (Å²) in [6.07, 6.45) is 3.71. The molecule has 122 valence electrons. The van der Waals surface area contributed by atoms with Gasteiger partial charge in [-0.3, -0.25) is 9.69 Å². The Morgan fingerprint density at radius 2 is 1.87 bits per heavy atom. The molecule has 0 saturated carbocycles. The summed E-state index contributed by atoms with van der Waals surface area (Å²) in [6, 6.07) is 7.78. The lowest BCUT2D eigenvalue weighted by Crippen LogP contribution is -2.23. The summed E-state index contributed by atoms with van der Waals surface area (Å²) in [5, 5.41) is 0. The minimum Gasteiger partial charge on any atom is -0.494 e. The second kappa shape index (κ2) is 8.50. The molecule has 0 spiro atoms. The predicted molar refractivity (Wildman–Crippen MR) is 97.2 cm³/mol. The number of H-pyrrole nitrogens is 1. The molecule has 0 saturated heterocycles. The van der Waals surface area contributed by atoms with Crippen molar-refractivity contribution in [1.29, 1.82) is 0 Å². The minimum atomic E-state index is -0.0407. The van der Waals surface area contributed by atoms with Gasteiger partial charge in [-0.1, -0.05) is 23.5 Å². The maximum atomic E-state index is 11.8. The molecule has 5 heteroatoms. The Kier molecular flexibility index (Phi) is 6.38. The van der Waals surface area contributed by atoms with Crippen molar-refractivity contribution in [3.05, 3.63) is 64.1 Å². The SMILES string of the molecule is C=CCN(CC=C)Cc1sc(=O)[nH]c1-c1ccc(OCC)cc1. The lowest BCUT2D eigenvalue weighted by Gasteiger charge is -2.18. The number of rotatable bonds is 9. The van der Waals surface area contributed by atoms with E-state index in [1.807, 2.05) is 43.3 Å². The second-order valence-corrected chi connectivity index (χ2v) is 6.11. The van der Waals surface area contributed by atoms with E-state index in [-0.39, 0.29) is 4.87 Å². The molecule has 1 aromatic heterocycles. The first kappa shape index (κ1) is 17.2. The molecule has 2 rings (SSSR count). The first-order valence-corrected chi connectivity index (χ1v) is 8.39. The van der Waals surface area contributed by atoms with Crippen LogP contribution < -0.4 is 9.61 Å². The van der Waals surface area contributed by atoms with Gasteiger partial charge in [-0.05, 0) is 36.8 Å². The lowest BCUT2D eigenvalue weighted by molar-refractivity contribution is 0.331. The fourth-order valence-corrected chi connectivity index (χ4v) is 3.26. The Bertz CT molecular complexity index is 691. The van der Waals surface area contributed by atoms with E-state index in [0.717, 1.165) is 35.0 Å². The number of hydrogen-bond acceptors (Lipinski definition) is 4. The lowest BCUT2D eigenvalue weighted by atomic mass is 10.1. The van der Waals surface area contributed by atoms with Crippen LogP contribution in [0.1, 0.15) is 11.8 Å². The van der Waals surface area contributed by atoms with Gasteiger partial charge in [0.15, 0.2) is 0 Å². The van der Waals surface area contributed by atoms with Crippen molar-refractivity contribution in [2.24, 2.45) is 0 Å². The molecule has 0 unspecified atom stereocenters. The summed E-state index contributed by atoms with van der Waals surface area (Å²) < 4.78 is 5.46. The van der Waals surface area contributed by atoms with Gasteiger partial charge >= 0.3 is 4.87 Å². The number of aromatic nitrogens is 1. The highest BCUT2D eigenvalue weighted by Gasteiger charge is 2.13. The van der Waals surface area contributed by atoms with Crippen LogP contribution >= 0.6 is 11.3 Å². The summed E-state index contributed by atoms with van der Waals surface area (Å²) in [4.78, 5) is 17.9. The maximum Gasteiger partial charge on any atom is 0.305 e. The first-order chi connectivity index (χ1) is 11.2. The molecule has 4 nitrogen and oxygen atoms in total. The number of hydrogen-bond donors (Lipinski definition) is 1. The van der Waals surface area contributed by atoms with E-state index in [0.29, 0.717) is 13.2 Å². The van der Waals surface area contributed by atoms with E-state index in [4.69, 9.17) is 4.74 Å². The highest BCUT2D eigenvalue weighted by atomic mass is 32.1. The third-order valence-electron chi connectivity index (χ3n) is 3.32. The number of aromatic amines is 1. The zero-order valence-corrected chi connectivity index (χ0v) is 14.2.